The van der Waals surface area contributed by atoms with Gasteiger partial charge in [-0.05, 0) is 25.0 Å². The van der Waals surface area contributed by atoms with Crippen molar-refractivity contribution < 1.29 is 0 Å². The summed E-state index contributed by atoms with van der Waals surface area (Å²) >= 11 is 3.84. The minimum absolute atomic E-state index is 0.188. The highest BCUT2D eigenvalue weighted by molar-refractivity contribution is 7.98. The van der Waals surface area contributed by atoms with Crippen molar-refractivity contribution in [2.45, 2.75) is 44.4 Å². The van der Waals surface area contributed by atoms with E-state index in [-0.39, 0.29) is 5.54 Å². The average Bonchev–Trinajstić information content (AvgIpc) is 2.72. The van der Waals surface area contributed by atoms with Crippen LogP contribution in [0.3, 0.4) is 0 Å². The van der Waals surface area contributed by atoms with Gasteiger partial charge < -0.3 is 5.73 Å². The molecule has 0 amide bonds. The minimum Gasteiger partial charge on any atom is -0.319 e. The number of hydrogen-bond donors (Lipinski definition) is 1. The Hall–Kier alpha value is -0.0600. The molecule has 4 heteroatoms. The van der Waals surface area contributed by atoms with Crippen LogP contribution in [0.25, 0.3) is 0 Å². The van der Waals surface area contributed by atoms with Crippen molar-refractivity contribution in [1.29, 1.82) is 0 Å². The third-order valence-corrected chi connectivity index (χ3v) is 5.67. The smallest absolute Gasteiger partial charge is 0.113 e. The van der Waals surface area contributed by atoms with Crippen LogP contribution in [0.5, 0.6) is 0 Å². The summed E-state index contributed by atoms with van der Waals surface area (Å²) in [6.45, 7) is 4.30. The first-order chi connectivity index (χ1) is 7.19. The number of nitrogens with two attached hydrogens (primary N) is 1. The van der Waals surface area contributed by atoms with Gasteiger partial charge in [0, 0.05) is 10.6 Å². The zero-order chi connectivity index (χ0) is 10.9. The van der Waals surface area contributed by atoms with E-state index in [4.69, 9.17) is 10.7 Å². The van der Waals surface area contributed by atoms with Gasteiger partial charge >= 0.3 is 0 Å². The molecule has 1 aromatic heterocycles. The lowest BCUT2D eigenvalue weighted by Gasteiger charge is -2.23. The van der Waals surface area contributed by atoms with E-state index < -0.39 is 0 Å². The van der Waals surface area contributed by atoms with Crippen LogP contribution < -0.4 is 5.73 Å². The van der Waals surface area contributed by atoms with Crippen molar-refractivity contribution >= 4 is 23.1 Å². The van der Waals surface area contributed by atoms with Crippen LogP contribution in [0.1, 0.15) is 42.3 Å². The monoisotopic (exact) mass is 242 g/mol. The summed E-state index contributed by atoms with van der Waals surface area (Å²) in [4.78, 5) is 6.20. The standard InChI is InChI=1S/C11H18N2S2/c1-3-11(12,4-2)10-13-8-5-6-14-7-9(8)15-10/h3-7,12H2,1-2H3. The molecule has 1 aliphatic rings. The predicted molar refractivity (Wildman–Crippen MR) is 68.4 cm³/mol. The largest absolute Gasteiger partial charge is 0.319 e. The predicted octanol–water partition coefficient (Wildman–Crippen LogP) is 2.91. The Kier molecular flexibility index (Phi) is 3.38. The molecular formula is C11H18N2S2. The lowest BCUT2D eigenvalue weighted by Crippen LogP contribution is -2.34. The van der Waals surface area contributed by atoms with Crippen LogP contribution in [0.4, 0.5) is 0 Å². The lowest BCUT2D eigenvalue weighted by molar-refractivity contribution is 0.410. The highest BCUT2D eigenvalue weighted by Gasteiger charge is 2.28. The Labute approximate surface area is 99.7 Å². The van der Waals surface area contributed by atoms with Gasteiger partial charge in [-0.2, -0.15) is 11.8 Å². The van der Waals surface area contributed by atoms with Gasteiger partial charge in [-0.25, -0.2) is 4.98 Å². The van der Waals surface area contributed by atoms with E-state index in [1.807, 2.05) is 23.1 Å². The molecule has 0 saturated carbocycles. The van der Waals surface area contributed by atoms with Gasteiger partial charge in [-0.1, -0.05) is 13.8 Å². The van der Waals surface area contributed by atoms with Crippen molar-refractivity contribution in [3.63, 3.8) is 0 Å². The maximum atomic E-state index is 6.37. The number of fused-ring (bicyclic) bond motifs is 1. The van der Waals surface area contributed by atoms with E-state index in [0.29, 0.717) is 0 Å². The molecule has 0 unspecified atom stereocenters. The molecule has 2 nitrogen and oxygen atoms in total. The van der Waals surface area contributed by atoms with Gasteiger partial charge in [0.05, 0.1) is 11.2 Å². The van der Waals surface area contributed by atoms with Crippen LogP contribution in [-0.4, -0.2) is 10.7 Å². The number of rotatable bonds is 3. The van der Waals surface area contributed by atoms with Crippen LogP contribution in [-0.2, 0) is 17.7 Å². The number of aryl methyl sites for hydroxylation is 1. The van der Waals surface area contributed by atoms with Gasteiger partial charge in [0.25, 0.3) is 0 Å². The normalized spacial score (nSPS) is 16.5. The number of thiazole rings is 1. The molecule has 1 aliphatic heterocycles. The average molecular weight is 242 g/mol. The van der Waals surface area contributed by atoms with Crippen LogP contribution in [0, 0.1) is 0 Å². The summed E-state index contributed by atoms with van der Waals surface area (Å²) < 4.78 is 0. The van der Waals surface area contributed by atoms with Gasteiger partial charge in [0.1, 0.15) is 5.01 Å². The van der Waals surface area contributed by atoms with E-state index in [0.717, 1.165) is 30.0 Å². The van der Waals surface area contributed by atoms with Crippen molar-refractivity contribution in [3.05, 3.63) is 15.6 Å². The molecule has 0 bridgehead atoms. The fourth-order valence-electron chi connectivity index (χ4n) is 1.79. The highest BCUT2D eigenvalue weighted by atomic mass is 32.2. The molecule has 0 atom stereocenters. The van der Waals surface area contributed by atoms with Crippen LogP contribution in [0.15, 0.2) is 0 Å². The van der Waals surface area contributed by atoms with E-state index in [9.17, 15) is 0 Å². The molecule has 0 fully saturated rings. The summed E-state index contributed by atoms with van der Waals surface area (Å²) in [5, 5.41) is 1.15. The highest BCUT2D eigenvalue weighted by Crippen LogP contribution is 2.35. The Bertz CT molecular complexity index is 319. The third kappa shape index (κ3) is 2.08. The van der Waals surface area contributed by atoms with Gasteiger partial charge in [0.15, 0.2) is 0 Å². The number of hydrogen-bond acceptors (Lipinski definition) is 4. The molecule has 1 aromatic rings. The second kappa shape index (κ2) is 4.44. The van der Waals surface area contributed by atoms with Crippen molar-refractivity contribution in [1.82, 2.24) is 4.98 Å². The zero-order valence-electron chi connectivity index (χ0n) is 9.38. The van der Waals surface area contributed by atoms with Crippen molar-refractivity contribution in [2.75, 3.05) is 5.75 Å². The molecule has 0 radical (unpaired) electrons. The Balaban J connectivity index is 2.32. The summed E-state index contributed by atoms with van der Waals surface area (Å²) in [7, 11) is 0. The van der Waals surface area contributed by atoms with Crippen molar-refractivity contribution in [3.8, 4) is 0 Å². The second-order valence-corrected chi connectivity index (χ2v) is 6.24. The summed E-state index contributed by atoms with van der Waals surface area (Å²) in [5.74, 6) is 2.35. The van der Waals surface area contributed by atoms with E-state index in [1.165, 1.54) is 16.3 Å². The third-order valence-electron chi connectivity index (χ3n) is 3.18. The molecule has 2 heterocycles. The minimum atomic E-state index is -0.188. The molecule has 84 valence electrons. The van der Waals surface area contributed by atoms with E-state index in [2.05, 4.69) is 13.8 Å². The summed E-state index contributed by atoms with van der Waals surface area (Å²) in [5.41, 5.74) is 7.49. The maximum Gasteiger partial charge on any atom is 0.113 e. The molecule has 0 aromatic carbocycles. The second-order valence-electron chi connectivity index (χ2n) is 4.05. The van der Waals surface area contributed by atoms with Gasteiger partial charge in [-0.15, -0.1) is 11.3 Å². The fraction of sp³-hybridized carbons (Fsp3) is 0.727. The first-order valence-corrected chi connectivity index (χ1v) is 7.52. The SMILES string of the molecule is CCC(N)(CC)c1nc2c(s1)CSCC2. The quantitative estimate of drug-likeness (QED) is 0.886. The van der Waals surface area contributed by atoms with Crippen LogP contribution in [0.2, 0.25) is 0 Å². The Morgan fingerprint density at radius 2 is 2.13 bits per heavy atom. The van der Waals surface area contributed by atoms with Crippen molar-refractivity contribution in [2.24, 2.45) is 5.73 Å². The first-order valence-electron chi connectivity index (χ1n) is 5.55. The molecule has 0 spiro atoms. The number of aromatic nitrogens is 1. The zero-order valence-corrected chi connectivity index (χ0v) is 11.0. The molecular weight excluding hydrogens is 224 g/mol. The van der Waals surface area contributed by atoms with Gasteiger partial charge in [-0.3, -0.25) is 0 Å². The fourth-order valence-corrected chi connectivity index (χ4v) is 4.26. The summed E-state index contributed by atoms with van der Waals surface area (Å²) in [6, 6.07) is 0. The summed E-state index contributed by atoms with van der Waals surface area (Å²) in [6.07, 6.45) is 3.08. The molecule has 0 aliphatic carbocycles. The Morgan fingerprint density at radius 3 is 2.73 bits per heavy atom. The molecule has 15 heavy (non-hydrogen) atoms. The van der Waals surface area contributed by atoms with E-state index in [1.54, 1.807) is 0 Å². The molecule has 2 N–H and O–H groups in total. The number of nitrogens with zero attached hydrogens (tertiary/aromatic N) is 1. The molecule has 2 rings (SSSR count). The lowest BCUT2D eigenvalue weighted by atomic mass is 9.95. The van der Waals surface area contributed by atoms with Crippen LogP contribution >= 0.6 is 23.1 Å². The maximum absolute atomic E-state index is 6.37. The van der Waals surface area contributed by atoms with E-state index >= 15 is 0 Å². The molecule has 0 saturated heterocycles. The Morgan fingerprint density at radius 1 is 1.40 bits per heavy atom. The number of thioether (sulfide) groups is 1. The topological polar surface area (TPSA) is 38.9 Å². The van der Waals surface area contributed by atoms with Gasteiger partial charge in [0.2, 0.25) is 0 Å². The first kappa shape index (κ1) is 11.4.